The van der Waals surface area contributed by atoms with Gasteiger partial charge in [-0.15, -0.1) is 0 Å². The first-order chi connectivity index (χ1) is 22.3. The third kappa shape index (κ3) is 5.70. The van der Waals surface area contributed by atoms with E-state index in [4.69, 9.17) is 16.3 Å². The summed E-state index contributed by atoms with van der Waals surface area (Å²) in [6.07, 6.45) is 7.80. The Morgan fingerprint density at radius 3 is 2.28 bits per heavy atom. The summed E-state index contributed by atoms with van der Waals surface area (Å²) < 4.78 is 6.56. The third-order valence-corrected chi connectivity index (χ3v) is 9.04. The van der Waals surface area contributed by atoms with Gasteiger partial charge >= 0.3 is 0 Å². The van der Waals surface area contributed by atoms with Crippen molar-refractivity contribution < 1.29 is 4.74 Å². The molecule has 0 atom stereocenters. The van der Waals surface area contributed by atoms with E-state index in [0.717, 1.165) is 78.7 Å². The van der Waals surface area contributed by atoms with Crippen LogP contribution < -0.4 is 14.5 Å². The molecule has 3 aromatic carbocycles. The van der Waals surface area contributed by atoms with Gasteiger partial charge in [0, 0.05) is 54.6 Å². The number of nitrogens with zero attached hydrogens (tertiary/aromatic N) is 5. The normalized spacial score (nSPS) is 14.3. The fourth-order valence-corrected chi connectivity index (χ4v) is 6.76. The minimum absolute atomic E-state index is 0.0809. The highest BCUT2D eigenvalue weighted by atomic mass is 16.5. The molecule has 6 nitrogen and oxygen atoms in total. The zero-order valence-corrected chi connectivity index (χ0v) is 27.0. The Labute approximate surface area is 272 Å². The van der Waals surface area contributed by atoms with Crippen LogP contribution >= 0.6 is 0 Å². The van der Waals surface area contributed by atoms with Crippen LogP contribution in [0.4, 0.5) is 28.7 Å². The van der Waals surface area contributed by atoms with Gasteiger partial charge in [-0.3, -0.25) is 0 Å². The van der Waals surface area contributed by atoms with Crippen molar-refractivity contribution in [3.8, 4) is 22.6 Å². The van der Waals surface area contributed by atoms with Gasteiger partial charge in [0.2, 0.25) is 0 Å². The minimum atomic E-state index is -0.0809. The monoisotopic (exact) mass is 605 g/mol. The molecule has 5 aromatic rings. The predicted molar refractivity (Wildman–Crippen MR) is 187 cm³/mol. The molecule has 7 rings (SSSR count). The zero-order valence-electron chi connectivity index (χ0n) is 27.0. The molecule has 0 radical (unpaired) electrons. The average Bonchev–Trinajstić information content (AvgIpc) is 3.07. The number of fused-ring (bicyclic) bond motifs is 2. The first-order valence-electron chi connectivity index (χ1n) is 16.2. The van der Waals surface area contributed by atoms with Crippen molar-refractivity contribution >= 4 is 28.7 Å². The lowest BCUT2D eigenvalue weighted by molar-refractivity contribution is 0.482. The molecule has 0 aliphatic carbocycles. The Morgan fingerprint density at radius 1 is 0.783 bits per heavy atom. The number of hydrogen-bond donors (Lipinski definition) is 0. The van der Waals surface area contributed by atoms with Gasteiger partial charge in [0.25, 0.3) is 0 Å². The maximum atomic E-state index is 8.06. The summed E-state index contributed by atoms with van der Waals surface area (Å²) >= 11 is 0. The van der Waals surface area contributed by atoms with E-state index in [1.54, 1.807) is 0 Å². The molecule has 4 heterocycles. The van der Waals surface area contributed by atoms with E-state index in [-0.39, 0.29) is 5.41 Å². The molecule has 0 unspecified atom stereocenters. The van der Waals surface area contributed by atoms with E-state index >= 15 is 0 Å². The van der Waals surface area contributed by atoms with Gasteiger partial charge in [-0.05, 0) is 96.2 Å². The van der Waals surface area contributed by atoms with Gasteiger partial charge in [0.05, 0.1) is 6.57 Å². The van der Waals surface area contributed by atoms with Crippen molar-refractivity contribution in [1.29, 1.82) is 0 Å². The maximum Gasteiger partial charge on any atom is 0.196 e. The lowest BCUT2D eigenvalue weighted by Gasteiger charge is -2.33. The predicted octanol–water partition coefficient (Wildman–Crippen LogP) is 10.3. The number of aromatic nitrogens is 2. The largest absolute Gasteiger partial charge is 0.459 e. The average molecular weight is 606 g/mol. The Balaban J connectivity index is 1.26. The minimum Gasteiger partial charge on any atom is -0.459 e. The summed E-state index contributed by atoms with van der Waals surface area (Å²) in [5, 5.41) is 0. The van der Waals surface area contributed by atoms with Gasteiger partial charge in [0.15, 0.2) is 5.69 Å². The smallest absolute Gasteiger partial charge is 0.196 e. The highest BCUT2D eigenvalue weighted by molar-refractivity contribution is 5.78. The second-order valence-electron chi connectivity index (χ2n) is 13.4. The van der Waals surface area contributed by atoms with Crippen molar-refractivity contribution in [3.05, 3.63) is 125 Å². The van der Waals surface area contributed by atoms with E-state index in [0.29, 0.717) is 11.4 Å². The molecule has 0 saturated heterocycles. The number of aryl methyl sites for hydroxylation is 2. The zero-order chi connectivity index (χ0) is 31.8. The molecule has 230 valence electrons. The van der Waals surface area contributed by atoms with Crippen molar-refractivity contribution in [2.24, 2.45) is 0 Å². The van der Waals surface area contributed by atoms with Crippen LogP contribution in [0.25, 0.3) is 16.0 Å². The summed E-state index contributed by atoms with van der Waals surface area (Å²) in [6, 6.07) is 27.2. The lowest BCUT2D eigenvalue weighted by atomic mass is 9.82. The van der Waals surface area contributed by atoms with Crippen LogP contribution in [0.2, 0.25) is 0 Å². The number of benzene rings is 3. The van der Waals surface area contributed by atoms with E-state index in [1.165, 1.54) is 22.3 Å². The second-order valence-corrected chi connectivity index (χ2v) is 13.4. The van der Waals surface area contributed by atoms with Gasteiger partial charge in [0.1, 0.15) is 23.1 Å². The molecule has 0 spiro atoms. The van der Waals surface area contributed by atoms with Crippen LogP contribution in [0.3, 0.4) is 0 Å². The fourth-order valence-electron chi connectivity index (χ4n) is 6.76. The molecular formula is C40H39N5O. The highest BCUT2D eigenvalue weighted by Gasteiger charge is 2.27. The van der Waals surface area contributed by atoms with Gasteiger partial charge < -0.3 is 14.5 Å². The number of anilines is 4. The van der Waals surface area contributed by atoms with E-state index < -0.39 is 0 Å². The van der Waals surface area contributed by atoms with Crippen LogP contribution in [0.15, 0.2) is 91.3 Å². The molecular weight excluding hydrogens is 566 g/mol. The molecule has 0 saturated carbocycles. The molecule has 0 N–H and O–H groups in total. The number of hydrogen-bond acceptors (Lipinski definition) is 5. The van der Waals surface area contributed by atoms with Crippen LogP contribution in [-0.4, -0.2) is 23.1 Å². The summed E-state index contributed by atoms with van der Waals surface area (Å²) in [4.78, 5) is 18.2. The molecule has 2 aliphatic rings. The van der Waals surface area contributed by atoms with Crippen LogP contribution in [0.1, 0.15) is 55.9 Å². The first-order valence-corrected chi connectivity index (χ1v) is 16.2. The van der Waals surface area contributed by atoms with Crippen molar-refractivity contribution in [2.45, 2.75) is 58.8 Å². The second kappa shape index (κ2) is 12.0. The topological polar surface area (TPSA) is 45.9 Å². The number of ether oxygens (including phenoxy) is 1. The maximum absolute atomic E-state index is 8.06. The first kappa shape index (κ1) is 29.6. The van der Waals surface area contributed by atoms with E-state index in [2.05, 4.69) is 102 Å². The Hall–Kier alpha value is -5.15. The summed E-state index contributed by atoms with van der Waals surface area (Å²) in [7, 11) is 0. The molecule has 2 aliphatic heterocycles. The number of rotatable bonds is 5. The van der Waals surface area contributed by atoms with Crippen molar-refractivity contribution in [1.82, 2.24) is 9.97 Å². The molecule has 46 heavy (non-hydrogen) atoms. The Morgan fingerprint density at radius 2 is 1.52 bits per heavy atom. The summed E-state index contributed by atoms with van der Waals surface area (Å²) in [5.41, 5.74) is 9.78. The quantitative estimate of drug-likeness (QED) is 0.187. The SMILES string of the molecule is [C-]#[N+]c1cc(Oc2ccc3c(c2)N(c2cc(C)ccn2)CCC3)cc2c1CCCN2c1cc(C(C)(C)C)c(-c2ccccc2)cn1. The van der Waals surface area contributed by atoms with Crippen LogP contribution in [0.5, 0.6) is 11.5 Å². The summed E-state index contributed by atoms with van der Waals surface area (Å²) in [6.45, 7) is 18.6. The van der Waals surface area contributed by atoms with Crippen molar-refractivity contribution in [2.75, 3.05) is 22.9 Å². The standard InChI is InChI=1S/C40H39N5O/c1-27-17-18-42-38(21-27)44-19-9-13-29-15-16-30(23-36(29)44)46-31-22-35(41-5)32-14-10-20-45(37(32)24-31)39-25-34(40(2,3)4)33(26-43-39)28-11-7-6-8-12-28/h6-8,11-12,15-18,21-26H,9-10,13-14,19-20H2,1-4H3. The third-order valence-electron chi connectivity index (χ3n) is 9.04. The van der Waals surface area contributed by atoms with E-state index in [1.807, 2.05) is 36.7 Å². The molecule has 0 bridgehead atoms. The van der Waals surface area contributed by atoms with Crippen molar-refractivity contribution in [3.63, 3.8) is 0 Å². The highest BCUT2D eigenvalue weighted by Crippen LogP contribution is 2.44. The Bertz CT molecular complexity index is 1950. The number of pyridine rings is 2. The van der Waals surface area contributed by atoms with Crippen LogP contribution in [0, 0.1) is 13.5 Å². The van der Waals surface area contributed by atoms with E-state index in [9.17, 15) is 0 Å². The van der Waals surface area contributed by atoms with Crippen LogP contribution in [-0.2, 0) is 18.3 Å². The molecule has 0 fully saturated rings. The van der Waals surface area contributed by atoms with Gasteiger partial charge in [-0.2, -0.15) is 0 Å². The lowest BCUT2D eigenvalue weighted by Crippen LogP contribution is -2.26. The molecule has 6 heteroatoms. The fraction of sp³-hybridized carbons (Fsp3) is 0.275. The summed E-state index contributed by atoms with van der Waals surface area (Å²) in [5.74, 6) is 3.26. The molecule has 0 amide bonds. The molecule has 2 aromatic heterocycles. The van der Waals surface area contributed by atoms with Gasteiger partial charge in [-0.1, -0.05) is 57.2 Å². The van der Waals surface area contributed by atoms with Gasteiger partial charge in [-0.25, -0.2) is 14.8 Å². The Kier molecular flexibility index (Phi) is 7.70.